The Hall–Kier alpha value is -0.690. The van der Waals surface area contributed by atoms with Crippen molar-refractivity contribution >= 4 is 11.8 Å². The van der Waals surface area contributed by atoms with Crippen LogP contribution < -0.4 is 5.32 Å². The van der Waals surface area contributed by atoms with Gasteiger partial charge in [0.15, 0.2) is 0 Å². The fourth-order valence-corrected chi connectivity index (χ4v) is 1.65. The number of hydrogen-bond acceptors (Lipinski definition) is 3. The summed E-state index contributed by atoms with van der Waals surface area (Å²) in [7, 11) is 0. The Morgan fingerprint density at radius 2 is 2.12 bits per heavy atom. The van der Waals surface area contributed by atoms with E-state index >= 15 is 0 Å². The summed E-state index contributed by atoms with van der Waals surface area (Å²) in [5.41, 5.74) is -4.11. The van der Waals surface area contributed by atoms with Crippen LogP contribution in [0.2, 0.25) is 0 Å². The molecule has 0 spiro atoms. The molecule has 1 aromatic heterocycles. The topological polar surface area (TPSA) is 29.9 Å². The van der Waals surface area contributed by atoms with Crippen molar-refractivity contribution in [1.82, 2.24) is 14.9 Å². The number of rotatable bonds is 7. The van der Waals surface area contributed by atoms with Crippen LogP contribution in [0.4, 0.5) is 13.2 Å². The van der Waals surface area contributed by atoms with Gasteiger partial charge in [0.05, 0.1) is 6.33 Å². The third kappa shape index (κ3) is 6.73. The second kappa shape index (κ2) is 6.80. The third-order valence-corrected chi connectivity index (χ3v) is 2.61. The third-order valence-electron chi connectivity index (χ3n) is 1.87. The van der Waals surface area contributed by atoms with Crippen molar-refractivity contribution in [3.63, 3.8) is 0 Å². The van der Waals surface area contributed by atoms with E-state index in [1.54, 1.807) is 12.5 Å². The molecule has 0 fully saturated rings. The zero-order chi connectivity index (χ0) is 11.9. The Morgan fingerprint density at radius 3 is 2.75 bits per heavy atom. The molecule has 0 aliphatic rings. The lowest BCUT2D eigenvalue weighted by Crippen LogP contribution is -2.20. The minimum absolute atomic E-state index is 0.0117. The molecule has 1 N–H and O–H groups in total. The molecule has 0 atom stereocenters. The van der Waals surface area contributed by atoms with Crippen LogP contribution in [0.3, 0.4) is 0 Å². The smallest absolute Gasteiger partial charge is 0.337 e. The van der Waals surface area contributed by atoms with Gasteiger partial charge in [-0.3, -0.25) is 0 Å². The Balaban J connectivity index is 1.89. The first kappa shape index (κ1) is 13.4. The van der Waals surface area contributed by atoms with E-state index in [0.717, 1.165) is 19.5 Å². The molecule has 0 unspecified atom stereocenters. The fourth-order valence-electron chi connectivity index (χ4n) is 1.17. The molecule has 0 aliphatic heterocycles. The van der Waals surface area contributed by atoms with Crippen molar-refractivity contribution in [2.45, 2.75) is 18.5 Å². The highest BCUT2D eigenvalue weighted by atomic mass is 32.2. The molecule has 0 bridgehead atoms. The van der Waals surface area contributed by atoms with Gasteiger partial charge < -0.3 is 9.88 Å². The molecule has 16 heavy (non-hydrogen) atoms. The van der Waals surface area contributed by atoms with E-state index in [9.17, 15) is 13.2 Å². The summed E-state index contributed by atoms with van der Waals surface area (Å²) in [5.74, 6) is 0.0641. The molecule has 3 nitrogen and oxygen atoms in total. The first-order valence-electron chi connectivity index (χ1n) is 4.95. The average molecular weight is 253 g/mol. The number of aryl methyl sites for hydroxylation is 1. The maximum absolute atomic E-state index is 11.7. The molecule has 1 rings (SSSR count). The van der Waals surface area contributed by atoms with Crippen molar-refractivity contribution in [3.05, 3.63) is 18.7 Å². The first-order chi connectivity index (χ1) is 7.58. The molecule has 1 heterocycles. The SMILES string of the molecule is FC(F)(F)SCCNCCCn1ccnc1. The van der Waals surface area contributed by atoms with E-state index in [1.165, 1.54) is 0 Å². The number of alkyl halides is 3. The summed E-state index contributed by atoms with van der Waals surface area (Å²) in [4.78, 5) is 3.89. The van der Waals surface area contributed by atoms with Crippen LogP contribution in [0, 0.1) is 0 Å². The number of thioether (sulfide) groups is 1. The van der Waals surface area contributed by atoms with Crippen molar-refractivity contribution < 1.29 is 13.2 Å². The minimum Gasteiger partial charge on any atom is -0.337 e. The summed E-state index contributed by atoms with van der Waals surface area (Å²) in [5, 5.41) is 2.97. The van der Waals surface area contributed by atoms with Crippen LogP contribution >= 0.6 is 11.8 Å². The highest BCUT2D eigenvalue weighted by Crippen LogP contribution is 2.29. The zero-order valence-electron chi connectivity index (χ0n) is 8.70. The summed E-state index contributed by atoms with van der Waals surface area (Å²) < 4.78 is 37.2. The summed E-state index contributed by atoms with van der Waals surface area (Å²) in [6.45, 7) is 1.93. The number of aromatic nitrogens is 2. The molecular formula is C9H14F3N3S. The van der Waals surface area contributed by atoms with Gasteiger partial charge in [0.2, 0.25) is 0 Å². The number of nitrogens with one attached hydrogen (secondary N) is 1. The van der Waals surface area contributed by atoms with E-state index in [2.05, 4.69) is 10.3 Å². The van der Waals surface area contributed by atoms with Crippen LogP contribution in [0.15, 0.2) is 18.7 Å². The van der Waals surface area contributed by atoms with E-state index < -0.39 is 5.51 Å². The monoisotopic (exact) mass is 253 g/mol. The van der Waals surface area contributed by atoms with Gasteiger partial charge in [-0.1, -0.05) is 0 Å². The van der Waals surface area contributed by atoms with Gasteiger partial charge in [-0.2, -0.15) is 13.2 Å². The minimum atomic E-state index is -4.11. The number of imidazole rings is 1. The molecule has 0 saturated carbocycles. The summed E-state index contributed by atoms with van der Waals surface area (Å²) in [6, 6.07) is 0. The van der Waals surface area contributed by atoms with E-state index in [4.69, 9.17) is 0 Å². The Morgan fingerprint density at radius 1 is 1.31 bits per heavy atom. The fraction of sp³-hybridized carbons (Fsp3) is 0.667. The second-order valence-electron chi connectivity index (χ2n) is 3.20. The van der Waals surface area contributed by atoms with E-state index in [0.29, 0.717) is 6.54 Å². The highest BCUT2D eigenvalue weighted by Gasteiger charge is 2.27. The number of halogens is 3. The van der Waals surface area contributed by atoms with Crippen LogP contribution in [-0.4, -0.2) is 33.9 Å². The van der Waals surface area contributed by atoms with Crippen LogP contribution in [-0.2, 0) is 6.54 Å². The first-order valence-corrected chi connectivity index (χ1v) is 5.93. The lowest BCUT2D eigenvalue weighted by molar-refractivity contribution is -0.0327. The van der Waals surface area contributed by atoms with Crippen molar-refractivity contribution in [2.75, 3.05) is 18.8 Å². The Bertz CT molecular complexity index is 274. The molecule has 0 saturated heterocycles. The maximum Gasteiger partial charge on any atom is 0.441 e. The summed E-state index contributed by atoms with van der Waals surface area (Å²) >= 11 is 0.0117. The van der Waals surface area contributed by atoms with Gasteiger partial charge in [0, 0.05) is 31.2 Å². The summed E-state index contributed by atoms with van der Waals surface area (Å²) in [6.07, 6.45) is 6.17. The van der Waals surface area contributed by atoms with E-state index in [1.807, 2.05) is 10.8 Å². The predicted octanol–water partition coefficient (Wildman–Crippen LogP) is 2.12. The van der Waals surface area contributed by atoms with Gasteiger partial charge in [0.1, 0.15) is 0 Å². The zero-order valence-corrected chi connectivity index (χ0v) is 9.52. The Labute approximate surface area is 96.4 Å². The number of nitrogens with zero attached hydrogens (tertiary/aromatic N) is 2. The number of hydrogen-bond donors (Lipinski definition) is 1. The predicted molar refractivity (Wildman–Crippen MR) is 58.2 cm³/mol. The van der Waals surface area contributed by atoms with Crippen LogP contribution in [0.25, 0.3) is 0 Å². The maximum atomic E-state index is 11.7. The standard InChI is InChI=1S/C9H14F3N3S/c10-9(11,12)16-7-4-13-2-1-5-15-6-3-14-8-15/h3,6,8,13H,1-2,4-5,7H2. The average Bonchev–Trinajstić information content (AvgIpc) is 2.67. The molecule has 0 amide bonds. The molecule has 7 heteroatoms. The van der Waals surface area contributed by atoms with Crippen LogP contribution in [0.1, 0.15) is 6.42 Å². The van der Waals surface area contributed by atoms with Gasteiger partial charge >= 0.3 is 5.51 Å². The van der Waals surface area contributed by atoms with E-state index in [-0.39, 0.29) is 17.5 Å². The quantitative estimate of drug-likeness (QED) is 0.755. The Kier molecular flexibility index (Phi) is 5.68. The molecule has 92 valence electrons. The molecule has 0 aromatic carbocycles. The lowest BCUT2D eigenvalue weighted by atomic mass is 10.4. The molecule has 0 aliphatic carbocycles. The largest absolute Gasteiger partial charge is 0.441 e. The van der Waals surface area contributed by atoms with Gasteiger partial charge in [-0.15, -0.1) is 0 Å². The molecule has 1 aromatic rings. The second-order valence-corrected chi connectivity index (χ2v) is 4.36. The van der Waals surface area contributed by atoms with Crippen molar-refractivity contribution in [1.29, 1.82) is 0 Å². The molecule has 0 radical (unpaired) electrons. The molecular weight excluding hydrogens is 239 g/mol. The highest BCUT2D eigenvalue weighted by molar-refractivity contribution is 8.00. The van der Waals surface area contributed by atoms with Crippen LogP contribution in [0.5, 0.6) is 0 Å². The van der Waals surface area contributed by atoms with Crippen molar-refractivity contribution in [2.24, 2.45) is 0 Å². The van der Waals surface area contributed by atoms with Gasteiger partial charge in [-0.05, 0) is 24.7 Å². The van der Waals surface area contributed by atoms with Gasteiger partial charge in [-0.25, -0.2) is 4.98 Å². The van der Waals surface area contributed by atoms with Gasteiger partial charge in [0.25, 0.3) is 0 Å². The van der Waals surface area contributed by atoms with Crippen molar-refractivity contribution in [3.8, 4) is 0 Å². The normalized spacial score (nSPS) is 11.9. The lowest BCUT2D eigenvalue weighted by Gasteiger charge is -2.07.